The van der Waals surface area contributed by atoms with E-state index in [1.807, 2.05) is 11.8 Å². The van der Waals surface area contributed by atoms with Gasteiger partial charge in [-0.25, -0.2) is 0 Å². The van der Waals surface area contributed by atoms with Gasteiger partial charge in [0, 0.05) is 15.8 Å². The van der Waals surface area contributed by atoms with Gasteiger partial charge in [0.15, 0.2) is 0 Å². The minimum Gasteiger partial charge on any atom is -0.310 e. The second kappa shape index (κ2) is 9.47. The van der Waals surface area contributed by atoms with Crippen molar-refractivity contribution < 1.29 is 0 Å². The van der Waals surface area contributed by atoms with Gasteiger partial charge in [0.2, 0.25) is 0 Å². The molecule has 10 rings (SSSR count). The monoisotopic (exact) mass is 591 g/mol. The summed E-state index contributed by atoms with van der Waals surface area (Å²) in [6.07, 6.45) is 6.03. The topological polar surface area (TPSA) is 3.24 Å². The van der Waals surface area contributed by atoms with Crippen LogP contribution in [0.3, 0.4) is 0 Å². The first-order valence-electron chi connectivity index (χ1n) is 15.8. The van der Waals surface area contributed by atoms with Crippen LogP contribution in [0.5, 0.6) is 0 Å². The molecule has 4 aliphatic rings. The van der Waals surface area contributed by atoms with E-state index in [9.17, 15) is 0 Å². The third-order valence-corrected chi connectivity index (χ3v) is 11.5. The Morgan fingerprint density at radius 1 is 0.533 bits per heavy atom. The Kier molecular flexibility index (Phi) is 5.33. The number of rotatable bonds is 2. The third-order valence-electron chi connectivity index (χ3n) is 10.2. The van der Waals surface area contributed by atoms with Gasteiger partial charge in [0.1, 0.15) is 0 Å². The maximum absolute atomic E-state index is 2.50. The number of fused-ring (bicyclic) bond motifs is 12. The fourth-order valence-corrected chi connectivity index (χ4v) is 9.75. The number of nitrogens with zero attached hydrogens (tertiary/aromatic N) is 1. The van der Waals surface area contributed by atoms with Crippen molar-refractivity contribution in [2.45, 2.75) is 22.0 Å². The third kappa shape index (κ3) is 3.35. The zero-order valence-electron chi connectivity index (χ0n) is 24.7. The molecule has 1 spiro atoms. The molecule has 0 saturated heterocycles. The second-order valence-corrected chi connectivity index (χ2v) is 13.6. The Balaban J connectivity index is 1.30. The average molecular weight is 592 g/mol. The molecule has 2 aliphatic heterocycles. The van der Waals surface area contributed by atoms with E-state index in [0.717, 1.165) is 6.42 Å². The van der Waals surface area contributed by atoms with Crippen molar-refractivity contribution in [2.75, 3.05) is 4.90 Å². The van der Waals surface area contributed by atoms with E-state index >= 15 is 0 Å². The van der Waals surface area contributed by atoms with Crippen molar-refractivity contribution >= 4 is 40.0 Å². The zero-order valence-corrected chi connectivity index (χ0v) is 25.5. The fourth-order valence-electron chi connectivity index (χ4n) is 8.45. The first kappa shape index (κ1) is 25.3. The Morgan fingerprint density at radius 2 is 1.13 bits per heavy atom. The summed E-state index contributed by atoms with van der Waals surface area (Å²) in [6, 6.07) is 54.0. The Morgan fingerprint density at radius 3 is 1.91 bits per heavy atom. The van der Waals surface area contributed by atoms with Crippen LogP contribution in [-0.2, 0) is 5.41 Å². The highest BCUT2D eigenvalue weighted by molar-refractivity contribution is 8.00. The number of benzene rings is 6. The molecule has 2 aliphatic carbocycles. The largest absolute Gasteiger partial charge is 0.310 e. The van der Waals surface area contributed by atoms with Crippen molar-refractivity contribution in [1.29, 1.82) is 0 Å². The molecule has 0 fully saturated rings. The molecule has 0 aromatic heterocycles. The molecular formula is C43H29NS. The van der Waals surface area contributed by atoms with Crippen molar-refractivity contribution in [1.82, 2.24) is 0 Å². The predicted octanol–water partition coefficient (Wildman–Crippen LogP) is 11.2. The minimum atomic E-state index is -0.459. The molecule has 2 heterocycles. The molecule has 0 bridgehead atoms. The Labute approximate surface area is 268 Å². The Hall–Kier alpha value is -5.05. The summed E-state index contributed by atoms with van der Waals surface area (Å²) in [4.78, 5) is 3.86. The molecule has 1 unspecified atom stereocenters. The first-order chi connectivity index (χ1) is 22.3. The molecular weight excluding hydrogens is 563 g/mol. The SMILES string of the molecule is C1=C(c2cccc3c2C2(c4ccccc4-3)c3ccccc3N(c3ccccc3)c3ccccc32)C=C2c3ccccc3SC2C1. The van der Waals surface area contributed by atoms with Crippen LogP contribution in [0.1, 0.15) is 39.8 Å². The molecule has 6 aromatic rings. The fraction of sp³-hybridized carbons (Fsp3) is 0.0698. The second-order valence-electron chi connectivity index (χ2n) is 12.3. The van der Waals surface area contributed by atoms with Crippen LogP contribution in [0.2, 0.25) is 0 Å². The summed E-state index contributed by atoms with van der Waals surface area (Å²) >= 11 is 2.02. The van der Waals surface area contributed by atoms with Gasteiger partial charge in [-0.1, -0.05) is 121 Å². The molecule has 0 amide bonds. The van der Waals surface area contributed by atoms with Gasteiger partial charge in [0.25, 0.3) is 0 Å². The van der Waals surface area contributed by atoms with E-state index in [1.54, 1.807) is 0 Å². The van der Waals surface area contributed by atoms with E-state index < -0.39 is 5.41 Å². The normalized spacial score (nSPS) is 17.8. The van der Waals surface area contributed by atoms with E-state index in [4.69, 9.17) is 0 Å². The van der Waals surface area contributed by atoms with Crippen LogP contribution in [0.25, 0.3) is 22.3 Å². The Bertz CT molecular complexity index is 2190. The van der Waals surface area contributed by atoms with E-state index in [0.29, 0.717) is 5.25 Å². The van der Waals surface area contributed by atoms with Crippen LogP contribution in [-0.4, -0.2) is 5.25 Å². The lowest BCUT2D eigenvalue weighted by atomic mass is 9.63. The van der Waals surface area contributed by atoms with E-state index in [-0.39, 0.29) is 0 Å². The number of anilines is 3. The number of hydrogen-bond donors (Lipinski definition) is 0. The number of allylic oxidation sites excluding steroid dienone is 3. The summed E-state index contributed by atoms with van der Waals surface area (Å²) < 4.78 is 0. The summed E-state index contributed by atoms with van der Waals surface area (Å²) in [6.45, 7) is 0. The maximum Gasteiger partial charge on any atom is 0.0760 e. The summed E-state index contributed by atoms with van der Waals surface area (Å²) in [5.74, 6) is 0. The highest BCUT2D eigenvalue weighted by Crippen LogP contribution is 2.64. The number of thioether (sulfide) groups is 1. The summed E-state index contributed by atoms with van der Waals surface area (Å²) in [5.41, 5.74) is 16.8. The lowest BCUT2D eigenvalue weighted by Gasteiger charge is -2.45. The van der Waals surface area contributed by atoms with Gasteiger partial charge in [0.05, 0.1) is 16.8 Å². The van der Waals surface area contributed by atoms with Crippen LogP contribution >= 0.6 is 11.8 Å². The predicted molar refractivity (Wildman–Crippen MR) is 189 cm³/mol. The van der Waals surface area contributed by atoms with Crippen LogP contribution in [0, 0.1) is 0 Å². The van der Waals surface area contributed by atoms with Gasteiger partial charge in [-0.2, -0.15) is 0 Å². The number of para-hydroxylation sites is 3. The molecule has 0 N–H and O–H groups in total. The van der Waals surface area contributed by atoms with Crippen LogP contribution < -0.4 is 4.90 Å². The molecule has 0 saturated carbocycles. The molecule has 1 atom stereocenters. The molecule has 212 valence electrons. The van der Waals surface area contributed by atoms with Gasteiger partial charge in [-0.15, -0.1) is 11.8 Å². The zero-order chi connectivity index (χ0) is 29.5. The van der Waals surface area contributed by atoms with Gasteiger partial charge in [-0.3, -0.25) is 0 Å². The van der Waals surface area contributed by atoms with Crippen molar-refractivity contribution in [3.05, 3.63) is 191 Å². The molecule has 0 radical (unpaired) electrons. The van der Waals surface area contributed by atoms with Crippen molar-refractivity contribution in [2.24, 2.45) is 0 Å². The number of hydrogen-bond acceptors (Lipinski definition) is 2. The van der Waals surface area contributed by atoms with Crippen LogP contribution in [0.15, 0.2) is 163 Å². The quantitative estimate of drug-likeness (QED) is 0.197. The highest BCUT2D eigenvalue weighted by atomic mass is 32.2. The summed E-state index contributed by atoms with van der Waals surface area (Å²) in [5, 5.41) is 0.490. The van der Waals surface area contributed by atoms with E-state index in [1.165, 1.54) is 77.6 Å². The van der Waals surface area contributed by atoms with Gasteiger partial charge in [-0.05, 0) is 98.5 Å². The van der Waals surface area contributed by atoms with Crippen molar-refractivity contribution in [3.63, 3.8) is 0 Å². The van der Waals surface area contributed by atoms with E-state index in [2.05, 4.69) is 163 Å². The molecule has 6 aromatic carbocycles. The van der Waals surface area contributed by atoms with Gasteiger partial charge >= 0.3 is 0 Å². The maximum atomic E-state index is 2.50. The van der Waals surface area contributed by atoms with Crippen molar-refractivity contribution in [3.8, 4) is 11.1 Å². The lowest BCUT2D eigenvalue weighted by Crippen LogP contribution is -2.36. The lowest BCUT2D eigenvalue weighted by molar-refractivity contribution is 0.750. The standard InChI is InChI=1S/C43H29NS/c1-2-13-29(14-3-1)44-38-22-9-7-20-36(38)43(37-21-8-10-23-39(37)44)35-19-6-4-15-31(35)33-18-12-17-30(42(33)43)28-25-26-41-34(27-28)32-16-5-11-24-40(32)45-41/h1-25,27,41H,26H2. The first-order valence-corrected chi connectivity index (χ1v) is 16.7. The molecule has 1 nitrogen and oxygen atoms in total. The minimum absolute atomic E-state index is 0.459. The summed E-state index contributed by atoms with van der Waals surface area (Å²) in [7, 11) is 0. The molecule has 45 heavy (non-hydrogen) atoms. The smallest absolute Gasteiger partial charge is 0.0760 e. The highest BCUT2D eigenvalue weighted by Gasteiger charge is 2.52. The molecule has 2 heteroatoms. The van der Waals surface area contributed by atoms with Crippen LogP contribution in [0.4, 0.5) is 17.1 Å². The average Bonchev–Trinajstić information content (AvgIpc) is 3.63. The van der Waals surface area contributed by atoms with Gasteiger partial charge < -0.3 is 4.90 Å².